The lowest BCUT2D eigenvalue weighted by atomic mass is 10.1. The molecule has 0 aromatic heterocycles. The summed E-state index contributed by atoms with van der Waals surface area (Å²) in [5, 5.41) is 16.5. The number of nitro groups is 1. The van der Waals surface area contributed by atoms with Gasteiger partial charge >= 0.3 is 0 Å². The van der Waals surface area contributed by atoms with Crippen molar-refractivity contribution in [3.05, 3.63) is 39.9 Å². The van der Waals surface area contributed by atoms with Gasteiger partial charge in [-0.25, -0.2) is 0 Å². The van der Waals surface area contributed by atoms with E-state index in [1.54, 1.807) is 12.1 Å². The van der Waals surface area contributed by atoms with Crippen LogP contribution in [0.15, 0.2) is 24.3 Å². The fraction of sp³-hybridized carbons (Fsp3) is 0.462. The molecule has 0 spiro atoms. The lowest BCUT2D eigenvalue weighted by molar-refractivity contribution is -0.384. The Kier molecular flexibility index (Phi) is 4.46. The predicted octanol–water partition coefficient (Wildman–Crippen LogP) is 1.01. The molecular weight excluding hydrogens is 246 g/mol. The van der Waals surface area contributed by atoms with E-state index in [9.17, 15) is 14.9 Å². The van der Waals surface area contributed by atoms with E-state index in [4.69, 9.17) is 0 Å². The molecule has 0 bridgehead atoms. The van der Waals surface area contributed by atoms with Gasteiger partial charge in [-0.05, 0) is 31.4 Å². The van der Waals surface area contributed by atoms with Gasteiger partial charge in [-0.1, -0.05) is 12.1 Å². The minimum absolute atomic E-state index is 0.0411. The Bertz CT molecular complexity index is 453. The molecular formula is C13H17N3O3. The number of amides is 1. The van der Waals surface area contributed by atoms with Crippen molar-refractivity contribution in [2.24, 2.45) is 0 Å². The van der Waals surface area contributed by atoms with Crippen LogP contribution in [-0.4, -0.2) is 30.0 Å². The Morgan fingerprint density at radius 1 is 1.42 bits per heavy atom. The highest BCUT2D eigenvalue weighted by Gasteiger charge is 2.21. The molecule has 1 fully saturated rings. The summed E-state index contributed by atoms with van der Waals surface area (Å²) in [7, 11) is 0. The van der Waals surface area contributed by atoms with Gasteiger partial charge in [0.15, 0.2) is 0 Å². The van der Waals surface area contributed by atoms with Crippen LogP contribution in [0.5, 0.6) is 0 Å². The number of nitrogens with zero attached hydrogens (tertiary/aromatic N) is 1. The number of hydrogen-bond acceptors (Lipinski definition) is 4. The van der Waals surface area contributed by atoms with Gasteiger partial charge in [-0.2, -0.15) is 0 Å². The minimum Gasteiger partial charge on any atom is -0.354 e. The minimum atomic E-state index is -0.419. The van der Waals surface area contributed by atoms with E-state index in [-0.39, 0.29) is 17.6 Å². The molecule has 1 atom stereocenters. The monoisotopic (exact) mass is 263 g/mol. The second kappa shape index (κ2) is 6.29. The van der Waals surface area contributed by atoms with Gasteiger partial charge in [-0.3, -0.25) is 14.9 Å². The normalized spacial score (nSPS) is 18.2. The van der Waals surface area contributed by atoms with Crippen LogP contribution < -0.4 is 10.6 Å². The van der Waals surface area contributed by atoms with Gasteiger partial charge in [0.25, 0.3) is 5.69 Å². The SMILES string of the molecule is O=C(NCCc1ccc([N+](=O)[O-])cc1)[C@H]1CCCN1. The molecule has 1 heterocycles. The van der Waals surface area contributed by atoms with E-state index in [0.29, 0.717) is 13.0 Å². The van der Waals surface area contributed by atoms with Crippen molar-refractivity contribution in [1.82, 2.24) is 10.6 Å². The first kappa shape index (κ1) is 13.5. The molecule has 19 heavy (non-hydrogen) atoms. The zero-order valence-electron chi connectivity index (χ0n) is 10.6. The molecule has 1 aromatic carbocycles. The van der Waals surface area contributed by atoms with Crippen LogP contribution in [0, 0.1) is 10.1 Å². The summed E-state index contributed by atoms with van der Waals surface area (Å²) < 4.78 is 0. The van der Waals surface area contributed by atoms with Gasteiger partial charge < -0.3 is 10.6 Å². The third-order valence-electron chi connectivity index (χ3n) is 3.24. The van der Waals surface area contributed by atoms with Crippen molar-refractivity contribution in [3.8, 4) is 0 Å². The Balaban J connectivity index is 1.75. The van der Waals surface area contributed by atoms with Crippen LogP contribution in [0.2, 0.25) is 0 Å². The van der Waals surface area contributed by atoms with Crippen molar-refractivity contribution >= 4 is 11.6 Å². The lowest BCUT2D eigenvalue weighted by Gasteiger charge is -2.10. The van der Waals surface area contributed by atoms with Gasteiger partial charge in [0.1, 0.15) is 0 Å². The summed E-state index contributed by atoms with van der Waals surface area (Å²) in [6.45, 7) is 1.45. The molecule has 0 unspecified atom stereocenters. The summed E-state index contributed by atoms with van der Waals surface area (Å²) in [6.07, 6.45) is 2.61. The smallest absolute Gasteiger partial charge is 0.269 e. The average Bonchev–Trinajstić information content (AvgIpc) is 2.93. The highest BCUT2D eigenvalue weighted by atomic mass is 16.6. The van der Waals surface area contributed by atoms with Crippen molar-refractivity contribution in [3.63, 3.8) is 0 Å². The van der Waals surface area contributed by atoms with Gasteiger partial charge in [-0.15, -0.1) is 0 Å². The van der Waals surface area contributed by atoms with Crippen molar-refractivity contribution in [1.29, 1.82) is 0 Å². The molecule has 0 aliphatic carbocycles. The summed E-state index contributed by atoms with van der Waals surface area (Å²) in [4.78, 5) is 21.8. The summed E-state index contributed by atoms with van der Waals surface area (Å²) in [6, 6.07) is 6.35. The number of rotatable bonds is 5. The van der Waals surface area contributed by atoms with Gasteiger partial charge in [0, 0.05) is 18.7 Å². The second-order valence-electron chi connectivity index (χ2n) is 4.61. The molecule has 2 rings (SSSR count). The predicted molar refractivity (Wildman–Crippen MR) is 70.8 cm³/mol. The van der Waals surface area contributed by atoms with E-state index in [1.165, 1.54) is 12.1 Å². The topological polar surface area (TPSA) is 84.3 Å². The summed E-state index contributed by atoms with van der Waals surface area (Å²) in [5.74, 6) is 0.0411. The molecule has 1 aliphatic heterocycles. The number of carbonyl (C=O) groups excluding carboxylic acids is 1. The highest BCUT2D eigenvalue weighted by Crippen LogP contribution is 2.12. The number of carbonyl (C=O) groups is 1. The maximum Gasteiger partial charge on any atom is 0.269 e. The Hall–Kier alpha value is -1.95. The largest absolute Gasteiger partial charge is 0.354 e. The first-order valence-electron chi connectivity index (χ1n) is 6.41. The maximum absolute atomic E-state index is 11.7. The van der Waals surface area contributed by atoms with Crippen molar-refractivity contribution in [2.45, 2.75) is 25.3 Å². The van der Waals surface area contributed by atoms with Gasteiger partial charge in [0.2, 0.25) is 5.91 Å². The molecule has 6 heteroatoms. The molecule has 0 radical (unpaired) electrons. The summed E-state index contributed by atoms with van der Waals surface area (Å²) >= 11 is 0. The molecule has 102 valence electrons. The first-order valence-corrected chi connectivity index (χ1v) is 6.41. The van der Waals surface area contributed by atoms with Crippen LogP contribution in [0.25, 0.3) is 0 Å². The third kappa shape index (κ3) is 3.75. The Morgan fingerprint density at radius 2 is 2.16 bits per heavy atom. The van der Waals surface area contributed by atoms with E-state index >= 15 is 0 Å². The van der Waals surface area contributed by atoms with Crippen LogP contribution in [0.3, 0.4) is 0 Å². The lowest BCUT2D eigenvalue weighted by Crippen LogP contribution is -2.41. The average molecular weight is 263 g/mol. The standard InChI is InChI=1S/C13H17N3O3/c17-13(12-2-1-8-14-12)15-9-7-10-3-5-11(6-4-10)16(18)19/h3-6,12,14H,1-2,7-9H2,(H,15,17)/t12-/m1/s1. The van der Waals surface area contributed by atoms with Crippen molar-refractivity contribution < 1.29 is 9.72 Å². The zero-order valence-corrected chi connectivity index (χ0v) is 10.6. The quantitative estimate of drug-likeness (QED) is 0.613. The summed E-state index contributed by atoms with van der Waals surface area (Å²) in [5.41, 5.74) is 1.06. The van der Waals surface area contributed by atoms with E-state index in [1.807, 2.05) is 0 Å². The maximum atomic E-state index is 11.7. The van der Waals surface area contributed by atoms with Crippen LogP contribution in [0.1, 0.15) is 18.4 Å². The molecule has 1 amide bonds. The number of non-ortho nitro benzene ring substituents is 1. The van der Waals surface area contributed by atoms with E-state index in [0.717, 1.165) is 24.9 Å². The van der Waals surface area contributed by atoms with E-state index < -0.39 is 4.92 Å². The molecule has 2 N–H and O–H groups in total. The number of benzene rings is 1. The Morgan fingerprint density at radius 3 is 2.74 bits per heavy atom. The van der Waals surface area contributed by atoms with Crippen molar-refractivity contribution in [2.75, 3.05) is 13.1 Å². The number of nitrogens with one attached hydrogen (secondary N) is 2. The third-order valence-corrected chi connectivity index (χ3v) is 3.24. The first-order chi connectivity index (χ1) is 9.16. The fourth-order valence-corrected chi connectivity index (χ4v) is 2.15. The van der Waals surface area contributed by atoms with Crippen LogP contribution >= 0.6 is 0 Å². The number of hydrogen-bond donors (Lipinski definition) is 2. The molecule has 0 saturated carbocycles. The molecule has 1 aliphatic rings. The van der Waals surface area contributed by atoms with Gasteiger partial charge in [0.05, 0.1) is 11.0 Å². The van der Waals surface area contributed by atoms with Crippen LogP contribution in [-0.2, 0) is 11.2 Å². The highest BCUT2D eigenvalue weighted by molar-refractivity contribution is 5.81. The van der Waals surface area contributed by atoms with Crippen LogP contribution in [0.4, 0.5) is 5.69 Å². The Labute approximate surface area is 111 Å². The number of nitro benzene ring substituents is 1. The molecule has 1 saturated heterocycles. The molecule has 6 nitrogen and oxygen atoms in total. The van der Waals surface area contributed by atoms with E-state index in [2.05, 4.69) is 10.6 Å². The second-order valence-corrected chi connectivity index (χ2v) is 4.61. The molecule has 1 aromatic rings. The zero-order chi connectivity index (χ0) is 13.7. The fourth-order valence-electron chi connectivity index (χ4n) is 2.15.